The molecule has 1 rings (SSSR count). The Bertz CT molecular complexity index is 341. The third-order valence-electron chi connectivity index (χ3n) is 4.24. The first-order chi connectivity index (χ1) is 11.0. The van der Waals surface area contributed by atoms with Crippen LogP contribution in [0.15, 0.2) is 0 Å². The summed E-state index contributed by atoms with van der Waals surface area (Å²) in [6.45, 7) is 1.65. The molecule has 0 aliphatic carbocycles. The molecule has 0 spiro atoms. The molecule has 23 heavy (non-hydrogen) atoms. The number of aliphatic hydroxyl groups is 4. The quantitative estimate of drug-likeness (QED) is 0.360. The van der Waals surface area contributed by atoms with Crippen molar-refractivity contribution in [2.24, 2.45) is 0 Å². The lowest BCUT2D eigenvalue weighted by Gasteiger charge is -2.40. The van der Waals surface area contributed by atoms with E-state index in [1.54, 1.807) is 0 Å². The Labute approximate surface area is 137 Å². The van der Waals surface area contributed by atoms with Gasteiger partial charge in [0.1, 0.15) is 24.4 Å². The second-order valence-electron chi connectivity index (χ2n) is 6.19. The van der Waals surface area contributed by atoms with Crippen molar-refractivity contribution in [3.05, 3.63) is 0 Å². The van der Waals surface area contributed by atoms with Crippen LogP contribution in [0.2, 0.25) is 0 Å². The predicted octanol–water partition coefficient (Wildman–Crippen LogP) is 0.0432. The van der Waals surface area contributed by atoms with Crippen LogP contribution in [0.1, 0.15) is 58.3 Å². The minimum atomic E-state index is -1.46. The first-order valence-electron chi connectivity index (χ1n) is 8.61. The third-order valence-corrected chi connectivity index (χ3v) is 4.24. The Morgan fingerprint density at radius 3 is 2.22 bits per heavy atom. The molecule has 0 aromatic heterocycles. The lowest BCUT2D eigenvalue weighted by atomic mass is 9.97. The molecule has 7 nitrogen and oxygen atoms in total. The molecule has 1 saturated heterocycles. The zero-order valence-electron chi connectivity index (χ0n) is 13.9. The molecule has 1 heterocycles. The van der Waals surface area contributed by atoms with E-state index in [1.165, 1.54) is 25.7 Å². The standard InChI is InChI=1S/C16H31NO6/c1-2-3-4-5-6-7-8-9-12(19)17-13-15(21)14(20)11(10-18)23-16(13)22/h11,13-16,18,20-22H,2-10H2,1H3,(H,17,19)/t11-,13-,14-,15-,16?/m1/s1. The highest BCUT2D eigenvalue weighted by Gasteiger charge is 2.44. The molecule has 1 aliphatic rings. The predicted molar refractivity (Wildman–Crippen MR) is 84.5 cm³/mol. The lowest BCUT2D eigenvalue weighted by molar-refractivity contribution is -0.253. The van der Waals surface area contributed by atoms with Gasteiger partial charge in [0.25, 0.3) is 0 Å². The molecular weight excluding hydrogens is 302 g/mol. The molecule has 5 N–H and O–H groups in total. The SMILES string of the molecule is CCCCCCCCCC(=O)N[C@H]1C(O)O[C@H](CO)[C@@H](O)[C@@H]1O. The molecule has 0 saturated carbocycles. The number of hydrogen-bond donors (Lipinski definition) is 5. The van der Waals surface area contributed by atoms with Crippen molar-refractivity contribution >= 4 is 5.91 Å². The van der Waals surface area contributed by atoms with Crippen LogP contribution in [-0.4, -0.2) is 63.6 Å². The topological polar surface area (TPSA) is 119 Å². The Balaban J connectivity index is 2.25. The number of unbranched alkanes of at least 4 members (excludes halogenated alkanes) is 6. The average Bonchev–Trinajstić information content (AvgIpc) is 2.54. The molecule has 0 radical (unpaired) electrons. The Hall–Kier alpha value is -0.730. The number of carbonyl (C=O) groups is 1. The van der Waals surface area contributed by atoms with Gasteiger partial charge in [0, 0.05) is 6.42 Å². The number of nitrogens with one attached hydrogen (secondary N) is 1. The molecule has 1 fully saturated rings. The number of ether oxygens (including phenoxy) is 1. The summed E-state index contributed by atoms with van der Waals surface area (Å²) >= 11 is 0. The van der Waals surface area contributed by atoms with Gasteiger partial charge in [-0.05, 0) is 6.42 Å². The van der Waals surface area contributed by atoms with Crippen molar-refractivity contribution in [2.45, 2.75) is 88.9 Å². The monoisotopic (exact) mass is 333 g/mol. The maximum Gasteiger partial charge on any atom is 0.220 e. The molecular formula is C16H31NO6. The van der Waals surface area contributed by atoms with E-state index >= 15 is 0 Å². The highest BCUT2D eigenvalue weighted by atomic mass is 16.6. The summed E-state index contributed by atoms with van der Waals surface area (Å²) in [6, 6.07) is -1.09. The number of hydrogen-bond acceptors (Lipinski definition) is 6. The Morgan fingerprint density at radius 1 is 1.00 bits per heavy atom. The molecule has 0 aromatic rings. The summed E-state index contributed by atoms with van der Waals surface area (Å²) in [6.07, 6.45) is 2.74. The van der Waals surface area contributed by atoms with Crippen LogP contribution in [0, 0.1) is 0 Å². The normalized spacial score (nSPS) is 31.1. The van der Waals surface area contributed by atoms with E-state index in [-0.39, 0.29) is 5.91 Å². The number of amides is 1. The summed E-state index contributed by atoms with van der Waals surface area (Å²) in [5, 5.41) is 41.0. The average molecular weight is 333 g/mol. The van der Waals surface area contributed by atoms with Crippen LogP contribution in [0.5, 0.6) is 0 Å². The van der Waals surface area contributed by atoms with Gasteiger partial charge in [-0.25, -0.2) is 0 Å². The van der Waals surface area contributed by atoms with Gasteiger partial charge in [-0.15, -0.1) is 0 Å². The number of aliphatic hydroxyl groups excluding tert-OH is 4. The van der Waals surface area contributed by atoms with Crippen molar-refractivity contribution in [2.75, 3.05) is 6.61 Å². The van der Waals surface area contributed by atoms with Gasteiger partial charge in [-0.2, -0.15) is 0 Å². The van der Waals surface area contributed by atoms with E-state index in [0.717, 1.165) is 19.3 Å². The Morgan fingerprint density at radius 2 is 1.61 bits per heavy atom. The molecule has 1 unspecified atom stereocenters. The van der Waals surface area contributed by atoms with Crippen molar-refractivity contribution in [1.82, 2.24) is 5.32 Å². The molecule has 1 amide bonds. The first-order valence-corrected chi connectivity index (χ1v) is 8.61. The van der Waals surface area contributed by atoms with Gasteiger partial charge in [0.05, 0.1) is 6.61 Å². The number of rotatable bonds is 10. The first kappa shape index (κ1) is 20.3. The maximum atomic E-state index is 11.9. The summed E-state index contributed by atoms with van der Waals surface area (Å²) in [5.74, 6) is -0.292. The van der Waals surface area contributed by atoms with Crippen LogP contribution >= 0.6 is 0 Å². The van der Waals surface area contributed by atoms with Gasteiger partial charge in [0.15, 0.2) is 6.29 Å². The fraction of sp³-hybridized carbons (Fsp3) is 0.938. The van der Waals surface area contributed by atoms with Gasteiger partial charge in [-0.1, -0.05) is 45.4 Å². The van der Waals surface area contributed by atoms with E-state index in [0.29, 0.717) is 6.42 Å². The van der Waals surface area contributed by atoms with Crippen molar-refractivity contribution in [3.8, 4) is 0 Å². The van der Waals surface area contributed by atoms with Crippen LogP contribution in [-0.2, 0) is 9.53 Å². The second kappa shape index (κ2) is 10.9. The van der Waals surface area contributed by atoms with Gasteiger partial charge in [0.2, 0.25) is 5.91 Å². The zero-order valence-corrected chi connectivity index (χ0v) is 13.9. The van der Waals surface area contributed by atoms with Crippen molar-refractivity contribution < 1.29 is 30.0 Å². The van der Waals surface area contributed by atoms with Crippen molar-refractivity contribution in [3.63, 3.8) is 0 Å². The van der Waals surface area contributed by atoms with Crippen LogP contribution in [0.25, 0.3) is 0 Å². The molecule has 5 atom stereocenters. The molecule has 136 valence electrons. The van der Waals surface area contributed by atoms with Crippen LogP contribution < -0.4 is 5.32 Å². The van der Waals surface area contributed by atoms with Gasteiger partial charge < -0.3 is 30.5 Å². The van der Waals surface area contributed by atoms with Crippen LogP contribution in [0.3, 0.4) is 0 Å². The van der Waals surface area contributed by atoms with Gasteiger partial charge >= 0.3 is 0 Å². The fourth-order valence-corrected chi connectivity index (χ4v) is 2.75. The highest BCUT2D eigenvalue weighted by Crippen LogP contribution is 2.20. The second-order valence-corrected chi connectivity index (χ2v) is 6.19. The highest BCUT2D eigenvalue weighted by molar-refractivity contribution is 5.76. The summed E-state index contributed by atoms with van der Waals surface area (Å²) in [7, 11) is 0. The maximum absolute atomic E-state index is 11.9. The van der Waals surface area contributed by atoms with E-state index in [4.69, 9.17) is 9.84 Å². The smallest absolute Gasteiger partial charge is 0.220 e. The lowest BCUT2D eigenvalue weighted by Crippen LogP contribution is -2.64. The van der Waals surface area contributed by atoms with Crippen molar-refractivity contribution in [1.29, 1.82) is 0 Å². The number of carbonyl (C=O) groups excluding carboxylic acids is 1. The molecule has 0 bridgehead atoms. The van der Waals surface area contributed by atoms with Crippen LogP contribution in [0.4, 0.5) is 0 Å². The van der Waals surface area contributed by atoms with E-state index in [9.17, 15) is 20.1 Å². The summed E-state index contributed by atoms with van der Waals surface area (Å²) < 4.78 is 4.99. The largest absolute Gasteiger partial charge is 0.394 e. The van der Waals surface area contributed by atoms with E-state index in [1.807, 2.05) is 0 Å². The third kappa shape index (κ3) is 6.73. The molecule has 7 heteroatoms. The zero-order chi connectivity index (χ0) is 17.2. The summed E-state index contributed by atoms with van der Waals surface area (Å²) in [4.78, 5) is 11.9. The van der Waals surface area contributed by atoms with E-state index < -0.39 is 37.3 Å². The minimum absolute atomic E-state index is 0.292. The summed E-state index contributed by atoms with van der Waals surface area (Å²) in [5.41, 5.74) is 0. The Kier molecular flexibility index (Phi) is 9.66. The molecule has 1 aliphatic heterocycles. The minimum Gasteiger partial charge on any atom is -0.394 e. The molecule has 0 aromatic carbocycles. The fourth-order valence-electron chi connectivity index (χ4n) is 2.75. The van der Waals surface area contributed by atoms with Gasteiger partial charge in [-0.3, -0.25) is 4.79 Å². The van der Waals surface area contributed by atoms with E-state index in [2.05, 4.69) is 12.2 Å².